The summed E-state index contributed by atoms with van der Waals surface area (Å²) in [5.74, 6) is -0.327. The van der Waals surface area contributed by atoms with E-state index in [1.54, 1.807) is 30.3 Å². The zero-order valence-electron chi connectivity index (χ0n) is 17.0. The zero-order chi connectivity index (χ0) is 21.9. The second kappa shape index (κ2) is 8.90. The van der Waals surface area contributed by atoms with E-state index >= 15 is 0 Å². The van der Waals surface area contributed by atoms with Crippen LogP contribution in [-0.4, -0.2) is 21.4 Å². The normalized spacial score (nSPS) is 12.3. The quantitative estimate of drug-likeness (QED) is 0.586. The van der Waals surface area contributed by atoms with Crippen molar-refractivity contribution in [2.75, 3.05) is 11.4 Å². The lowest BCUT2D eigenvalue weighted by molar-refractivity contribution is 0.0940. The number of carbonyl (C=O) groups is 1. The first-order chi connectivity index (χ1) is 14.2. The molecule has 156 valence electrons. The van der Waals surface area contributed by atoms with Gasteiger partial charge in [0.1, 0.15) is 0 Å². The van der Waals surface area contributed by atoms with E-state index in [9.17, 15) is 13.2 Å². The number of anilines is 1. The number of aryl methyl sites for hydroxylation is 1. The van der Waals surface area contributed by atoms with Crippen molar-refractivity contribution in [2.45, 2.75) is 24.8 Å². The van der Waals surface area contributed by atoms with Crippen LogP contribution in [0, 0.1) is 6.92 Å². The lowest BCUT2D eigenvalue weighted by atomic mass is 10.1. The molecule has 0 radical (unpaired) electrons. The Kier molecular flexibility index (Phi) is 6.48. The first kappa shape index (κ1) is 21.9. The maximum Gasteiger partial charge on any atom is 0.264 e. The smallest absolute Gasteiger partial charge is 0.264 e. The first-order valence-electron chi connectivity index (χ1n) is 9.41. The highest BCUT2D eigenvalue weighted by atomic mass is 35.5. The predicted octanol–water partition coefficient (Wildman–Crippen LogP) is 4.96. The number of nitrogens with zero attached hydrogens (tertiary/aromatic N) is 1. The number of amides is 1. The minimum atomic E-state index is -3.74. The Labute approximate surface area is 182 Å². The van der Waals surface area contributed by atoms with Crippen molar-refractivity contribution in [3.63, 3.8) is 0 Å². The maximum atomic E-state index is 12.9. The van der Waals surface area contributed by atoms with E-state index in [0.29, 0.717) is 5.69 Å². The molecule has 0 aliphatic carbocycles. The van der Waals surface area contributed by atoms with Crippen LogP contribution in [0.3, 0.4) is 0 Å². The molecule has 1 amide bonds. The summed E-state index contributed by atoms with van der Waals surface area (Å²) in [5.41, 5.74) is 2.60. The van der Waals surface area contributed by atoms with Gasteiger partial charge in [0.25, 0.3) is 15.9 Å². The van der Waals surface area contributed by atoms with E-state index in [2.05, 4.69) is 5.32 Å². The summed E-state index contributed by atoms with van der Waals surface area (Å²) in [5, 5.41) is 3.09. The monoisotopic (exact) mass is 442 g/mol. The molecule has 30 heavy (non-hydrogen) atoms. The minimum absolute atomic E-state index is 0.177. The summed E-state index contributed by atoms with van der Waals surface area (Å²) in [6.45, 7) is 3.78. The molecule has 7 heteroatoms. The Bertz CT molecular complexity index is 1150. The number of nitrogens with one attached hydrogen (secondary N) is 1. The third-order valence-corrected chi connectivity index (χ3v) is 7.00. The van der Waals surface area contributed by atoms with Crippen LogP contribution in [0.5, 0.6) is 0 Å². The number of hydrogen-bond donors (Lipinski definition) is 1. The van der Waals surface area contributed by atoms with Gasteiger partial charge in [-0.2, -0.15) is 0 Å². The average Bonchev–Trinajstić information content (AvgIpc) is 2.73. The highest BCUT2D eigenvalue weighted by molar-refractivity contribution is 7.92. The molecule has 0 aliphatic heterocycles. The molecule has 5 nitrogen and oxygen atoms in total. The standard InChI is InChI=1S/C23H23ClN2O3S/c1-16-9-12-20(13-10-16)30(28,29)26(3)19-11-14-21(22(24)15-19)23(27)25-17(2)18-7-5-4-6-8-18/h4-15,17H,1-3H3,(H,25,27)/t17-/m1/s1. The van der Waals surface area contributed by atoms with Crippen molar-refractivity contribution in [1.82, 2.24) is 5.32 Å². The summed E-state index contributed by atoms with van der Waals surface area (Å²) < 4.78 is 26.9. The molecule has 3 aromatic carbocycles. The molecule has 0 bridgehead atoms. The number of halogens is 1. The molecular weight excluding hydrogens is 420 g/mol. The molecule has 3 rings (SSSR count). The first-order valence-corrected chi connectivity index (χ1v) is 11.2. The predicted molar refractivity (Wildman–Crippen MR) is 121 cm³/mol. The van der Waals surface area contributed by atoms with Gasteiger partial charge in [-0.3, -0.25) is 9.10 Å². The van der Waals surface area contributed by atoms with Crippen molar-refractivity contribution in [1.29, 1.82) is 0 Å². The lowest BCUT2D eigenvalue weighted by Gasteiger charge is -2.21. The molecule has 0 unspecified atom stereocenters. The Morgan fingerprint density at radius 1 is 1.00 bits per heavy atom. The van der Waals surface area contributed by atoms with Crippen molar-refractivity contribution in [2.24, 2.45) is 0 Å². The average molecular weight is 443 g/mol. The fourth-order valence-electron chi connectivity index (χ4n) is 2.99. The van der Waals surface area contributed by atoms with Gasteiger partial charge in [0.15, 0.2) is 0 Å². The van der Waals surface area contributed by atoms with Gasteiger partial charge in [0, 0.05) is 7.05 Å². The summed E-state index contributed by atoms with van der Waals surface area (Å²) in [4.78, 5) is 12.8. The van der Waals surface area contributed by atoms with Gasteiger partial charge in [-0.1, -0.05) is 59.6 Å². The van der Waals surface area contributed by atoms with Crippen LogP contribution in [0.4, 0.5) is 5.69 Å². The number of benzene rings is 3. The zero-order valence-corrected chi connectivity index (χ0v) is 18.5. The van der Waals surface area contributed by atoms with Crippen LogP contribution in [0.15, 0.2) is 77.7 Å². The van der Waals surface area contributed by atoms with Crippen molar-refractivity contribution >= 4 is 33.2 Å². The van der Waals surface area contributed by atoms with Crippen LogP contribution in [0.25, 0.3) is 0 Å². The van der Waals surface area contributed by atoms with Gasteiger partial charge in [0.05, 0.1) is 27.2 Å². The topological polar surface area (TPSA) is 66.5 Å². The number of carbonyl (C=O) groups excluding carboxylic acids is 1. The molecule has 3 aromatic rings. The van der Waals surface area contributed by atoms with Gasteiger partial charge < -0.3 is 5.32 Å². The third-order valence-electron chi connectivity index (χ3n) is 4.89. The molecule has 1 N–H and O–H groups in total. The molecular formula is C23H23ClN2O3S. The number of hydrogen-bond acceptors (Lipinski definition) is 3. The van der Waals surface area contributed by atoms with Gasteiger partial charge >= 0.3 is 0 Å². The molecule has 0 aromatic heterocycles. The van der Waals surface area contributed by atoms with E-state index in [4.69, 9.17) is 11.6 Å². The number of rotatable bonds is 6. The summed E-state index contributed by atoms with van der Waals surface area (Å²) in [6, 6.07) is 20.6. The fourth-order valence-corrected chi connectivity index (χ4v) is 4.44. The molecule has 0 saturated carbocycles. The van der Waals surface area contributed by atoms with Gasteiger partial charge in [-0.15, -0.1) is 0 Å². The van der Waals surface area contributed by atoms with E-state index in [1.165, 1.54) is 19.2 Å². The molecule has 0 spiro atoms. The summed E-state index contributed by atoms with van der Waals surface area (Å²) in [6.07, 6.45) is 0. The summed E-state index contributed by atoms with van der Waals surface area (Å²) in [7, 11) is -2.28. The Hall–Kier alpha value is -2.83. The SMILES string of the molecule is Cc1ccc(S(=O)(=O)N(C)c2ccc(C(=O)N[C@H](C)c3ccccc3)c(Cl)c2)cc1. The largest absolute Gasteiger partial charge is 0.345 e. The molecule has 0 saturated heterocycles. The molecule has 0 fully saturated rings. The summed E-state index contributed by atoms with van der Waals surface area (Å²) >= 11 is 6.33. The van der Waals surface area contributed by atoms with E-state index in [-0.39, 0.29) is 27.4 Å². The highest BCUT2D eigenvalue weighted by Crippen LogP contribution is 2.27. The molecule has 0 heterocycles. The minimum Gasteiger partial charge on any atom is -0.345 e. The van der Waals surface area contributed by atoms with E-state index < -0.39 is 10.0 Å². The second-order valence-corrected chi connectivity index (χ2v) is 9.43. The van der Waals surface area contributed by atoms with Crippen LogP contribution >= 0.6 is 11.6 Å². The number of sulfonamides is 1. The van der Waals surface area contributed by atoms with Crippen LogP contribution < -0.4 is 9.62 Å². The highest BCUT2D eigenvalue weighted by Gasteiger charge is 2.23. The van der Waals surface area contributed by atoms with Crippen molar-refractivity contribution in [3.8, 4) is 0 Å². The van der Waals surface area contributed by atoms with Gasteiger partial charge in [-0.05, 0) is 49.7 Å². The van der Waals surface area contributed by atoms with Crippen LogP contribution in [-0.2, 0) is 10.0 Å². The van der Waals surface area contributed by atoms with Crippen LogP contribution in [0.2, 0.25) is 5.02 Å². The Morgan fingerprint density at radius 2 is 1.63 bits per heavy atom. The third kappa shape index (κ3) is 4.66. The van der Waals surface area contributed by atoms with Gasteiger partial charge in [-0.25, -0.2) is 8.42 Å². The Morgan fingerprint density at radius 3 is 2.23 bits per heavy atom. The molecule has 1 atom stereocenters. The van der Waals surface area contributed by atoms with Gasteiger partial charge in [0.2, 0.25) is 0 Å². The van der Waals surface area contributed by atoms with Crippen molar-refractivity contribution < 1.29 is 13.2 Å². The molecule has 0 aliphatic rings. The van der Waals surface area contributed by atoms with Crippen LogP contribution in [0.1, 0.15) is 34.5 Å². The van der Waals surface area contributed by atoms with Crippen molar-refractivity contribution in [3.05, 3.63) is 94.5 Å². The van der Waals surface area contributed by atoms with E-state index in [0.717, 1.165) is 15.4 Å². The van der Waals surface area contributed by atoms with E-state index in [1.807, 2.05) is 44.2 Å². The maximum absolute atomic E-state index is 12.9. The second-order valence-electron chi connectivity index (χ2n) is 7.06. The Balaban J connectivity index is 1.80. The fraction of sp³-hybridized carbons (Fsp3) is 0.174. The lowest BCUT2D eigenvalue weighted by Crippen LogP contribution is -2.28.